The van der Waals surface area contributed by atoms with Gasteiger partial charge in [0.15, 0.2) is 0 Å². The van der Waals surface area contributed by atoms with Crippen LogP contribution in [0, 0.1) is 11.8 Å². The molecule has 1 aliphatic carbocycles. The molecule has 2 fully saturated rings. The Labute approximate surface area is 144 Å². The van der Waals surface area contributed by atoms with Crippen molar-refractivity contribution in [1.82, 2.24) is 10.2 Å². The summed E-state index contributed by atoms with van der Waals surface area (Å²) in [5, 5.41) is 3.00. The van der Waals surface area contributed by atoms with Crippen LogP contribution in [-0.4, -0.2) is 48.4 Å². The highest BCUT2D eigenvalue weighted by Gasteiger charge is 2.43. The molecule has 0 aromatic rings. The van der Waals surface area contributed by atoms with Gasteiger partial charge in [-0.2, -0.15) is 0 Å². The average molecular weight is 338 g/mol. The van der Waals surface area contributed by atoms with Crippen molar-refractivity contribution in [3.05, 3.63) is 0 Å². The maximum absolute atomic E-state index is 12.7. The van der Waals surface area contributed by atoms with Crippen LogP contribution in [0.3, 0.4) is 0 Å². The monoisotopic (exact) mass is 338 g/mol. The second-order valence-corrected chi connectivity index (χ2v) is 7.38. The Bertz CT molecular complexity index is 475. The molecule has 1 N–H and O–H groups in total. The molecule has 0 aromatic carbocycles. The molecule has 1 saturated carbocycles. The number of likely N-dealkylation sites (tertiary alicyclic amines) is 1. The number of rotatable bonds is 4. The first-order valence-electron chi connectivity index (χ1n) is 9.09. The van der Waals surface area contributed by atoms with Crippen LogP contribution in [0.5, 0.6) is 0 Å². The van der Waals surface area contributed by atoms with Crippen LogP contribution in [0.25, 0.3) is 0 Å². The minimum absolute atomic E-state index is 0.0137. The zero-order valence-electron chi connectivity index (χ0n) is 15.1. The molecule has 0 bridgehead atoms. The van der Waals surface area contributed by atoms with E-state index >= 15 is 0 Å². The summed E-state index contributed by atoms with van der Waals surface area (Å²) in [4.78, 5) is 38.8. The molecule has 2 amide bonds. The number of piperidine rings is 1. The van der Waals surface area contributed by atoms with E-state index in [1.807, 2.05) is 18.7 Å². The third kappa shape index (κ3) is 4.08. The average Bonchev–Trinajstić information content (AvgIpc) is 2.61. The zero-order chi connectivity index (χ0) is 17.7. The number of hydrogen-bond donors (Lipinski definition) is 1. The molecule has 1 heterocycles. The van der Waals surface area contributed by atoms with Gasteiger partial charge in [-0.3, -0.25) is 9.59 Å². The minimum Gasteiger partial charge on any atom is -0.467 e. The standard InChI is InChI=1S/C18H30N2O4/c1-13(2)16(22)20-11-7-14(8-12-20)15(21)19-18(17(23)24-3)9-5-4-6-10-18/h13-14H,4-12H2,1-3H3,(H,19,21). The van der Waals surface area contributed by atoms with Crippen molar-refractivity contribution >= 4 is 17.8 Å². The van der Waals surface area contributed by atoms with Crippen molar-refractivity contribution < 1.29 is 19.1 Å². The van der Waals surface area contributed by atoms with Crippen LogP contribution in [0.2, 0.25) is 0 Å². The Kier molecular flexibility index (Phi) is 6.24. The van der Waals surface area contributed by atoms with Crippen molar-refractivity contribution in [3.8, 4) is 0 Å². The van der Waals surface area contributed by atoms with Crippen LogP contribution in [0.4, 0.5) is 0 Å². The van der Waals surface area contributed by atoms with Gasteiger partial charge in [0.2, 0.25) is 11.8 Å². The lowest BCUT2D eigenvalue weighted by Crippen LogP contribution is -2.58. The molecule has 1 aliphatic heterocycles. The largest absolute Gasteiger partial charge is 0.467 e. The Hall–Kier alpha value is -1.59. The van der Waals surface area contributed by atoms with Crippen molar-refractivity contribution in [1.29, 1.82) is 0 Å². The lowest BCUT2D eigenvalue weighted by Gasteiger charge is -2.38. The highest BCUT2D eigenvalue weighted by molar-refractivity contribution is 5.89. The van der Waals surface area contributed by atoms with E-state index in [-0.39, 0.29) is 29.6 Å². The number of carbonyl (C=O) groups excluding carboxylic acids is 3. The fourth-order valence-electron chi connectivity index (χ4n) is 3.80. The summed E-state index contributed by atoms with van der Waals surface area (Å²) in [7, 11) is 1.38. The molecule has 1 saturated heterocycles. The SMILES string of the molecule is COC(=O)C1(NC(=O)C2CCN(C(=O)C(C)C)CC2)CCCCC1. The molecule has 2 rings (SSSR count). The Morgan fingerprint density at radius 1 is 1.08 bits per heavy atom. The van der Waals surface area contributed by atoms with Gasteiger partial charge in [0.25, 0.3) is 0 Å². The van der Waals surface area contributed by atoms with Crippen LogP contribution in [0.1, 0.15) is 58.8 Å². The van der Waals surface area contributed by atoms with E-state index in [1.165, 1.54) is 7.11 Å². The quantitative estimate of drug-likeness (QED) is 0.794. The van der Waals surface area contributed by atoms with E-state index in [9.17, 15) is 14.4 Å². The fourth-order valence-corrected chi connectivity index (χ4v) is 3.80. The first-order valence-corrected chi connectivity index (χ1v) is 9.09. The first kappa shape index (κ1) is 18.7. The Balaban J connectivity index is 1.94. The van der Waals surface area contributed by atoms with Crippen LogP contribution >= 0.6 is 0 Å². The normalized spacial score (nSPS) is 21.4. The zero-order valence-corrected chi connectivity index (χ0v) is 15.1. The third-order valence-electron chi connectivity index (χ3n) is 5.32. The molecule has 6 heteroatoms. The van der Waals surface area contributed by atoms with Crippen molar-refractivity contribution in [3.63, 3.8) is 0 Å². The predicted octanol–water partition coefficient (Wildman–Crippen LogP) is 1.87. The van der Waals surface area contributed by atoms with E-state index in [0.717, 1.165) is 19.3 Å². The van der Waals surface area contributed by atoms with E-state index in [4.69, 9.17) is 4.74 Å². The molecule has 2 aliphatic rings. The minimum atomic E-state index is -0.852. The molecule has 6 nitrogen and oxygen atoms in total. The van der Waals surface area contributed by atoms with E-state index in [2.05, 4.69) is 5.32 Å². The van der Waals surface area contributed by atoms with Crippen LogP contribution < -0.4 is 5.32 Å². The second kappa shape index (κ2) is 7.99. The summed E-state index contributed by atoms with van der Waals surface area (Å²) in [5.74, 6) is -0.404. The Morgan fingerprint density at radius 2 is 1.67 bits per heavy atom. The van der Waals surface area contributed by atoms with Crippen molar-refractivity contribution in [2.75, 3.05) is 20.2 Å². The van der Waals surface area contributed by atoms with E-state index in [1.54, 1.807) is 0 Å². The van der Waals surface area contributed by atoms with Gasteiger partial charge in [-0.25, -0.2) is 4.79 Å². The molecule has 0 radical (unpaired) electrons. The first-order chi connectivity index (χ1) is 11.4. The second-order valence-electron chi connectivity index (χ2n) is 7.38. The van der Waals surface area contributed by atoms with Crippen molar-refractivity contribution in [2.24, 2.45) is 11.8 Å². The van der Waals surface area contributed by atoms with Crippen LogP contribution in [0.15, 0.2) is 0 Å². The lowest BCUT2D eigenvalue weighted by atomic mass is 9.80. The van der Waals surface area contributed by atoms with Crippen molar-refractivity contribution in [2.45, 2.75) is 64.3 Å². The topological polar surface area (TPSA) is 75.7 Å². The number of amides is 2. The molecule has 24 heavy (non-hydrogen) atoms. The molecular formula is C18H30N2O4. The Morgan fingerprint density at radius 3 is 2.17 bits per heavy atom. The summed E-state index contributed by atoms with van der Waals surface area (Å²) < 4.78 is 4.95. The third-order valence-corrected chi connectivity index (χ3v) is 5.32. The van der Waals surface area contributed by atoms with Gasteiger partial charge in [-0.1, -0.05) is 33.1 Å². The molecule has 0 spiro atoms. The number of methoxy groups -OCH3 is 1. The van der Waals surface area contributed by atoms with Gasteiger partial charge in [0, 0.05) is 24.9 Å². The number of carbonyl (C=O) groups is 3. The van der Waals surface area contributed by atoms with Gasteiger partial charge < -0.3 is 15.0 Å². The van der Waals surface area contributed by atoms with Gasteiger partial charge in [-0.15, -0.1) is 0 Å². The number of nitrogens with zero attached hydrogens (tertiary/aromatic N) is 1. The van der Waals surface area contributed by atoms with Gasteiger partial charge >= 0.3 is 5.97 Å². The molecule has 0 aromatic heterocycles. The summed E-state index contributed by atoms with van der Waals surface area (Å²) in [6.07, 6.45) is 5.55. The molecule has 136 valence electrons. The highest BCUT2D eigenvalue weighted by Crippen LogP contribution is 2.30. The summed E-state index contributed by atoms with van der Waals surface area (Å²) in [5.41, 5.74) is -0.852. The maximum atomic E-state index is 12.7. The molecular weight excluding hydrogens is 308 g/mol. The molecule has 0 atom stereocenters. The summed E-state index contributed by atoms with van der Waals surface area (Å²) in [6.45, 7) is 5.01. The van der Waals surface area contributed by atoms with Gasteiger partial charge in [-0.05, 0) is 25.7 Å². The number of hydrogen-bond acceptors (Lipinski definition) is 4. The number of esters is 1. The lowest BCUT2D eigenvalue weighted by molar-refractivity contribution is -0.153. The summed E-state index contributed by atoms with van der Waals surface area (Å²) >= 11 is 0. The predicted molar refractivity (Wildman–Crippen MR) is 90.1 cm³/mol. The van der Waals surface area contributed by atoms with E-state index in [0.29, 0.717) is 38.8 Å². The number of ether oxygens (including phenoxy) is 1. The summed E-state index contributed by atoms with van der Waals surface area (Å²) in [6, 6.07) is 0. The maximum Gasteiger partial charge on any atom is 0.331 e. The van der Waals surface area contributed by atoms with Gasteiger partial charge in [0.1, 0.15) is 5.54 Å². The number of nitrogens with one attached hydrogen (secondary N) is 1. The fraction of sp³-hybridized carbons (Fsp3) is 0.833. The van der Waals surface area contributed by atoms with E-state index < -0.39 is 5.54 Å². The van der Waals surface area contributed by atoms with Crippen LogP contribution in [-0.2, 0) is 19.1 Å². The molecule has 0 unspecified atom stereocenters. The van der Waals surface area contributed by atoms with Gasteiger partial charge in [0.05, 0.1) is 7.11 Å². The highest BCUT2D eigenvalue weighted by atomic mass is 16.5. The smallest absolute Gasteiger partial charge is 0.331 e.